The van der Waals surface area contributed by atoms with Crippen LogP contribution in [0.15, 0.2) is 40.3 Å². The summed E-state index contributed by atoms with van der Waals surface area (Å²) in [6.07, 6.45) is 0. The van der Waals surface area contributed by atoms with Gasteiger partial charge in [-0.2, -0.15) is 0 Å². The molecule has 3 rings (SSSR count). The summed E-state index contributed by atoms with van der Waals surface area (Å²) in [5.41, 5.74) is -0.0970. The van der Waals surface area contributed by atoms with Crippen LogP contribution >= 0.6 is 23.1 Å². The highest BCUT2D eigenvalue weighted by Crippen LogP contribution is 2.22. The Morgan fingerprint density at radius 2 is 2.22 bits per heavy atom. The van der Waals surface area contributed by atoms with E-state index in [1.165, 1.54) is 23.5 Å². The van der Waals surface area contributed by atoms with Crippen molar-refractivity contribution in [2.75, 3.05) is 11.1 Å². The van der Waals surface area contributed by atoms with Crippen LogP contribution in [0.4, 0.5) is 10.1 Å². The van der Waals surface area contributed by atoms with Gasteiger partial charge >= 0.3 is 0 Å². The molecule has 0 unspecified atom stereocenters. The van der Waals surface area contributed by atoms with Gasteiger partial charge < -0.3 is 10.3 Å². The van der Waals surface area contributed by atoms with Crippen molar-refractivity contribution in [3.05, 3.63) is 51.4 Å². The largest absolute Gasteiger partial charge is 0.323 e. The van der Waals surface area contributed by atoms with Gasteiger partial charge in [-0.05, 0) is 25.1 Å². The molecule has 0 fully saturated rings. The van der Waals surface area contributed by atoms with E-state index in [0.29, 0.717) is 15.4 Å². The van der Waals surface area contributed by atoms with Gasteiger partial charge in [0.05, 0.1) is 16.8 Å². The standard InChI is InChI=1S/C15H12FN3O2S2/c1-8-6-9-13(21)18-15(19-14(9)23-8)22-7-12(20)17-11-5-3-2-4-10(11)16/h2-6H,7H2,1H3,(H,17,20)(H,18,19,21). The molecule has 2 aromatic heterocycles. The molecule has 0 spiro atoms. The second kappa shape index (κ2) is 6.51. The van der Waals surface area contributed by atoms with Crippen molar-refractivity contribution >= 4 is 44.9 Å². The lowest BCUT2D eigenvalue weighted by Crippen LogP contribution is -2.16. The number of thioether (sulfide) groups is 1. The minimum Gasteiger partial charge on any atom is -0.323 e. The summed E-state index contributed by atoms with van der Waals surface area (Å²) in [6, 6.07) is 7.73. The number of rotatable bonds is 4. The number of nitrogens with one attached hydrogen (secondary N) is 2. The maximum atomic E-state index is 13.5. The number of amides is 1. The fourth-order valence-corrected chi connectivity index (χ4v) is 3.58. The van der Waals surface area contributed by atoms with Gasteiger partial charge in [-0.3, -0.25) is 9.59 Å². The molecule has 2 N–H and O–H groups in total. The molecule has 0 aliphatic carbocycles. The molecule has 5 nitrogen and oxygen atoms in total. The number of aromatic nitrogens is 2. The number of halogens is 1. The van der Waals surface area contributed by atoms with Crippen LogP contribution < -0.4 is 10.9 Å². The summed E-state index contributed by atoms with van der Waals surface area (Å²) in [5, 5.41) is 3.40. The van der Waals surface area contributed by atoms with Gasteiger partial charge in [0.15, 0.2) is 5.16 Å². The van der Waals surface area contributed by atoms with E-state index in [1.807, 2.05) is 6.92 Å². The van der Waals surface area contributed by atoms with Crippen LogP contribution in [-0.2, 0) is 4.79 Å². The highest BCUT2D eigenvalue weighted by Gasteiger charge is 2.10. The molecule has 0 aliphatic rings. The van der Waals surface area contributed by atoms with E-state index >= 15 is 0 Å². The molecule has 2 heterocycles. The first-order valence-electron chi connectivity index (χ1n) is 6.70. The van der Waals surface area contributed by atoms with Crippen molar-refractivity contribution < 1.29 is 9.18 Å². The zero-order valence-electron chi connectivity index (χ0n) is 12.1. The first kappa shape index (κ1) is 15.7. The van der Waals surface area contributed by atoms with Gasteiger partial charge in [0.2, 0.25) is 5.91 Å². The van der Waals surface area contributed by atoms with Crippen LogP contribution in [0.1, 0.15) is 4.88 Å². The normalized spacial score (nSPS) is 10.9. The number of aryl methyl sites for hydroxylation is 1. The Hall–Kier alpha value is -2.19. The number of aromatic amines is 1. The van der Waals surface area contributed by atoms with E-state index < -0.39 is 5.82 Å². The molecule has 0 bridgehead atoms. The minimum atomic E-state index is -0.493. The molecule has 0 aliphatic heterocycles. The van der Waals surface area contributed by atoms with Crippen LogP contribution in [0.3, 0.4) is 0 Å². The van der Waals surface area contributed by atoms with Gasteiger partial charge in [-0.15, -0.1) is 11.3 Å². The van der Waals surface area contributed by atoms with Gasteiger partial charge in [-0.1, -0.05) is 23.9 Å². The molecule has 1 aromatic carbocycles. The van der Waals surface area contributed by atoms with Crippen molar-refractivity contribution in [3.63, 3.8) is 0 Å². The summed E-state index contributed by atoms with van der Waals surface area (Å²) in [7, 11) is 0. The van der Waals surface area contributed by atoms with E-state index in [9.17, 15) is 14.0 Å². The van der Waals surface area contributed by atoms with E-state index in [4.69, 9.17) is 0 Å². The van der Waals surface area contributed by atoms with Crippen molar-refractivity contribution in [2.45, 2.75) is 12.1 Å². The van der Waals surface area contributed by atoms with Crippen LogP contribution in [-0.4, -0.2) is 21.6 Å². The van der Waals surface area contributed by atoms with Crippen LogP contribution in [0.2, 0.25) is 0 Å². The second-order valence-electron chi connectivity index (χ2n) is 4.76. The molecule has 0 atom stereocenters. The third kappa shape index (κ3) is 3.59. The fourth-order valence-electron chi connectivity index (χ4n) is 1.98. The number of nitrogens with zero attached hydrogens (tertiary/aromatic N) is 1. The zero-order chi connectivity index (χ0) is 16.4. The zero-order valence-corrected chi connectivity index (χ0v) is 13.7. The Bertz CT molecular complexity index is 936. The number of carbonyl (C=O) groups is 1. The Morgan fingerprint density at radius 1 is 1.43 bits per heavy atom. The molecular formula is C15H12FN3O2S2. The number of thiophene rings is 1. The SMILES string of the molecule is Cc1cc2c(=O)[nH]c(SCC(=O)Nc3ccccc3F)nc2s1. The first-order chi connectivity index (χ1) is 11.0. The fraction of sp³-hybridized carbons (Fsp3) is 0.133. The molecule has 118 valence electrons. The van der Waals surface area contributed by atoms with Crippen molar-refractivity contribution in [1.29, 1.82) is 0 Å². The molecule has 0 saturated carbocycles. The predicted octanol–water partition coefficient (Wildman–Crippen LogP) is 3.16. The Kier molecular flexibility index (Phi) is 4.44. The number of anilines is 1. The third-order valence-corrected chi connectivity index (χ3v) is 4.81. The predicted molar refractivity (Wildman–Crippen MR) is 90.7 cm³/mol. The summed E-state index contributed by atoms with van der Waals surface area (Å²) in [4.78, 5) is 32.4. The first-order valence-corrected chi connectivity index (χ1v) is 8.51. The average Bonchev–Trinajstić information content (AvgIpc) is 2.89. The third-order valence-electron chi connectivity index (χ3n) is 2.99. The Labute approximate surface area is 139 Å². The number of para-hydroxylation sites is 1. The van der Waals surface area contributed by atoms with Crippen LogP contribution in [0.25, 0.3) is 10.2 Å². The lowest BCUT2D eigenvalue weighted by atomic mass is 10.3. The molecule has 1 amide bonds. The van der Waals surface area contributed by atoms with E-state index in [0.717, 1.165) is 16.6 Å². The minimum absolute atomic E-state index is 0.0210. The molecule has 3 aromatic rings. The van der Waals surface area contributed by atoms with E-state index in [-0.39, 0.29) is 22.9 Å². The summed E-state index contributed by atoms with van der Waals surface area (Å²) in [5.74, 6) is -0.842. The second-order valence-corrected chi connectivity index (χ2v) is 6.96. The van der Waals surface area contributed by atoms with Crippen LogP contribution in [0, 0.1) is 12.7 Å². The average molecular weight is 349 g/mol. The summed E-state index contributed by atoms with van der Waals surface area (Å²) >= 11 is 2.52. The topological polar surface area (TPSA) is 74.8 Å². The Balaban J connectivity index is 1.69. The number of carbonyl (C=O) groups excluding carboxylic acids is 1. The highest BCUT2D eigenvalue weighted by molar-refractivity contribution is 7.99. The molecular weight excluding hydrogens is 337 g/mol. The van der Waals surface area contributed by atoms with Gasteiger partial charge in [-0.25, -0.2) is 9.37 Å². The number of H-pyrrole nitrogens is 1. The van der Waals surface area contributed by atoms with Gasteiger partial charge in [0.25, 0.3) is 5.56 Å². The number of fused-ring (bicyclic) bond motifs is 1. The van der Waals surface area contributed by atoms with Crippen molar-refractivity contribution in [1.82, 2.24) is 9.97 Å². The summed E-state index contributed by atoms with van der Waals surface area (Å²) in [6.45, 7) is 1.90. The van der Waals surface area contributed by atoms with Crippen molar-refractivity contribution in [2.24, 2.45) is 0 Å². The maximum absolute atomic E-state index is 13.5. The molecule has 8 heteroatoms. The molecule has 0 radical (unpaired) electrons. The number of hydrogen-bond donors (Lipinski definition) is 2. The maximum Gasteiger partial charge on any atom is 0.260 e. The van der Waals surface area contributed by atoms with E-state index in [1.54, 1.807) is 18.2 Å². The number of hydrogen-bond acceptors (Lipinski definition) is 5. The smallest absolute Gasteiger partial charge is 0.260 e. The molecule has 23 heavy (non-hydrogen) atoms. The lowest BCUT2D eigenvalue weighted by molar-refractivity contribution is -0.113. The summed E-state index contributed by atoms with van der Waals surface area (Å²) < 4.78 is 13.5. The number of benzene rings is 1. The Morgan fingerprint density at radius 3 is 3.00 bits per heavy atom. The van der Waals surface area contributed by atoms with Gasteiger partial charge in [0.1, 0.15) is 10.6 Å². The van der Waals surface area contributed by atoms with Crippen LogP contribution in [0.5, 0.6) is 0 Å². The van der Waals surface area contributed by atoms with Gasteiger partial charge in [0, 0.05) is 4.88 Å². The van der Waals surface area contributed by atoms with E-state index in [2.05, 4.69) is 15.3 Å². The quantitative estimate of drug-likeness (QED) is 0.560. The van der Waals surface area contributed by atoms with Crippen molar-refractivity contribution in [3.8, 4) is 0 Å². The molecule has 0 saturated heterocycles. The lowest BCUT2D eigenvalue weighted by Gasteiger charge is -2.05. The monoisotopic (exact) mass is 349 g/mol. The highest BCUT2D eigenvalue weighted by atomic mass is 32.2.